The summed E-state index contributed by atoms with van der Waals surface area (Å²) < 4.78 is 5.34. The van der Waals surface area contributed by atoms with E-state index in [2.05, 4.69) is 6.07 Å². The summed E-state index contributed by atoms with van der Waals surface area (Å²) in [6.45, 7) is 2.16. The first-order valence-corrected chi connectivity index (χ1v) is 6.41. The molecular weight excluding hydrogens is 252 g/mol. The molecule has 1 aromatic heterocycles. The molecule has 0 spiro atoms. The van der Waals surface area contributed by atoms with Crippen molar-refractivity contribution in [3.8, 4) is 17.2 Å². The molecule has 0 fully saturated rings. The molecule has 102 valence electrons. The topological polar surface area (TPSA) is 57.2 Å². The second-order valence-corrected chi connectivity index (χ2v) is 4.75. The van der Waals surface area contributed by atoms with Crippen LogP contribution in [0.25, 0.3) is 11.1 Å². The number of carbonyl (C=O) groups is 1. The smallest absolute Gasteiger partial charge is 0.289 e. The van der Waals surface area contributed by atoms with Crippen LogP contribution in [0, 0.1) is 17.2 Å². The molecule has 4 nitrogen and oxygen atoms in total. The SMILES string of the molecule is CC(C#N)CN(C)C(=O)c1occc1-c1ccccc1. The largest absolute Gasteiger partial charge is 0.459 e. The molecule has 20 heavy (non-hydrogen) atoms. The van der Waals surface area contributed by atoms with Gasteiger partial charge in [-0.2, -0.15) is 5.26 Å². The number of hydrogen-bond donors (Lipinski definition) is 0. The standard InChI is InChI=1S/C16H16N2O2/c1-12(10-17)11-18(2)16(19)15-14(8-9-20-15)13-6-4-3-5-7-13/h3-9,12H,11H2,1-2H3. The molecule has 1 unspecified atom stereocenters. The van der Waals surface area contributed by atoms with Gasteiger partial charge < -0.3 is 9.32 Å². The second-order valence-electron chi connectivity index (χ2n) is 4.75. The summed E-state index contributed by atoms with van der Waals surface area (Å²) in [6.07, 6.45) is 1.51. The van der Waals surface area contributed by atoms with Crippen LogP contribution < -0.4 is 0 Å². The van der Waals surface area contributed by atoms with E-state index in [1.165, 1.54) is 11.2 Å². The van der Waals surface area contributed by atoms with Gasteiger partial charge in [-0.05, 0) is 18.6 Å². The van der Waals surface area contributed by atoms with E-state index in [4.69, 9.17) is 9.68 Å². The number of hydrogen-bond acceptors (Lipinski definition) is 3. The van der Waals surface area contributed by atoms with Crippen molar-refractivity contribution in [2.75, 3.05) is 13.6 Å². The van der Waals surface area contributed by atoms with Crippen molar-refractivity contribution in [3.63, 3.8) is 0 Å². The molecule has 0 saturated heterocycles. The molecule has 2 aromatic rings. The molecule has 0 aliphatic rings. The summed E-state index contributed by atoms with van der Waals surface area (Å²) in [5.74, 6) is -0.112. The minimum atomic E-state index is -0.212. The number of amides is 1. The maximum absolute atomic E-state index is 12.4. The summed E-state index contributed by atoms with van der Waals surface area (Å²) >= 11 is 0. The van der Waals surface area contributed by atoms with E-state index in [-0.39, 0.29) is 11.8 Å². The first-order valence-electron chi connectivity index (χ1n) is 6.41. The highest BCUT2D eigenvalue weighted by molar-refractivity contribution is 5.98. The highest BCUT2D eigenvalue weighted by atomic mass is 16.3. The van der Waals surface area contributed by atoms with Gasteiger partial charge >= 0.3 is 0 Å². The second kappa shape index (κ2) is 6.07. The summed E-state index contributed by atoms with van der Waals surface area (Å²) in [5.41, 5.74) is 1.71. The summed E-state index contributed by atoms with van der Waals surface area (Å²) in [4.78, 5) is 13.9. The fourth-order valence-corrected chi connectivity index (χ4v) is 2.03. The minimum absolute atomic E-state index is 0.209. The molecule has 2 rings (SSSR count). The number of nitriles is 1. The van der Waals surface area contributed by atoms with Crippen LogP contribution in [-0.2, 0) is 0 Å². The van der Waals surface area contributed by atoms with E-state index in [9.17, 15) is 4.79 Å². The zero-order valence-corrected chi connectivity index (χ0v) is 11.5. The van der Waals surface area contributed by atoms with E-state index < -0.39 is 0 Å². The molecule has 0 N–H and O–H groups in total. The van der Waals surface area contributed by atoms with Crippen LogP contribution in [0.1, 0.15) is 17.5 Å². The fraction of sp³-hybridized carbons (Fsp3) is 0.250. The third kappa shape index (κ3) is 2.89. The Morgan fingerprint density at radius 2 is 2.05 bits per heavy atom. The van der Waals surface area contributed by atoms with E-state index in [0.29, 0.717) is 12.3 Å². The molecule has 0 bridgehead atoms. The molecule has 1 atom stereocenters. The normalized spacial score (nSPS) is 11.7. The van der Waals surface area contributed by atoms with Crippen LogP contribution in [0.15, 0.2) is 47.1 Å². The van der Waals surface area contributed by atoms with Crippen LogP contribution in [0.4, 0.5) is 0 Å². The van der Waals surface area contributed by atoms with Crippen molar-refractivity contribution in [2.45, 2.75) is 6.92 Å². The number of carbonyl (C=O) groups excluding carboxylic acids is 1. The number of furan rings is 1. The van der Waals surface area contributed by atoms with E-state index >= 15 is 0 Å². The van der Waals surface area contributed by atoms with Gasteiger partial charge in [0.1, 0.15) is 0 Å². The maximum atomic E-state index is 12.4. The lowest BCUT2D eigenvalue weighted by Crippen LogP contribution is -2.30. The fourth-order valence-electron chi connectivity index (χ4n) is 2.03. The number of benzene rings is 1. The van der Waals surface area contributed by atoms with Crippen molar-refractivity contribution < 1.29 is 9.21 Å². The monoisotopic (exact) mass is 268 g/mol. The van der Waals surface area contributed by atoms with Gasteiger partial charge in [-0.3, -0.25) is 4.79 Å². The van der Waals surface area contributed by atoms with Crippen molar-refractivity contribution in [2.24, 2.45) is 5.92 Å². The Morgan fingerprint density at radius 1 is 1.35 bits per heavy atom. The lowest BCUT2D eigenvalue weighted by atomic mass is 10.1. The molecule has 0 radical (unpaired) electrons. The molecule has 1 amide bonds. The minimum Gasteiger partial charge on any atom is -0.459 e. The zero-order chi connectivity index (χ0) is 14.5. The van der Waals surface area contributed by atoms with E-state index in [1.54, 1.807) is 20.0 Å². The third-order valence-electron chi connectivity index (χ3n) is 3.06. The van der Waals surface area contributed by atoms with Crippen LogP contribution in [0.5, 0.6) is 0 Å². The first kappa shape index (κ1) is 13.9. The molecule has 0 aliphatic heterocycles. The Morgan fingerprint density at radius 3 is 2.70 bits per heavy atom. The Kier molecular flexibility index (Phi) is 4.21. The Bertz CT molecular complexity index is 625. The maximum Gasteiger partial charge on any atom is 0.289 e. The van der Waals surface area contributed by atoms with Gasteiger partial charge in [0.2, 0.25) is 0 Å². The Balaban J connectivity index is 2.25. The quantitative estimate of drug-likeness (QED) is 0.855. The van der Waals surface area contributed by atoms with Crippen LogP contribution >= 0.6 is 0 Å². The van der Waals surface area contributed by atoms with Crippen LogP contribution in [0.2, 0.25) is 0 Å². The van der Waals surface area contributed by atoms with Gasteiger partial charge in [-0.15, -0.1) is 0 Å². The third-order valence-corrected chi connectivity index (χ3v) is 3.06. The Labute approximate surface area is 118 Å². The predicted molar refractivity (Wildman–Crippen MR) is 75.9 cm³/mol. The molecule has 0 aliphatic carbocycles. The predicted octanol–water partition coefficient (Wildman–Crippen LogP) is 3.18. The molecule has 1 heterocycles. The van der Waals surface area contributed by atoms with E-state index in [1.807, 2.05) is 30.3 Å². The average molecular weight is 268 g/mol. The highest BCUT2D eigenvalue weighted by Gasteiger charge is 2.21. The van der Waals surface area contributed by atoms with Gasteiger partial charge in [0.25, 0.3) is 5.91 Å². The van der Waals surface area contributed by atoms with Gasteiger partial charge in [0.15, 0.2) is 5.76 Å². The van der Waals surface area contributed by atoms with E-state index in [0.717, 1.165) is 11.1 Å². The van der Waals surface area contributed by atoms with Crippen LogP contribution in [-0.4, -0.2) is 24.4 Å². The molecular formula is C16H16N2O2. The average Bonchev–Trinajstić information content (AvgIpc) is 2.96. The lowest BCUT2D eigenvalue weighted by Gasteiger charge is -2.17. The summed E-state index contributed by atoms with van der Waals surface area (Å²) in [6, 6.07) is 13.5. The highest BCUT2D eigenvalue weighted by Crippen LogP contribution is 2.25. The van der Waals surface area contributed by atoms with Crippen molar-refractivity contribution in [1.29, 1.82) is 5.26 Å². The molecule has 0 saturated carbocycles. The lowest BCUT2D eigenvalue weighted by molar-refractivity contribution is 0.0754. The number of rotatable bonds is 4. The van der Waals surface area contributed by atoms with Gasteiger partial charge in [-0.1, -0.05) is 30.3 Å². The first-order chi connectivity index (χ1) is 9.63. The van der Waals surface area contributed by atoms with Crippen molar-refractivity contribution in [3.05, 3.63) is 48.4 Å². The molecule has 4 heteroatoms. The van der Waals surface area contributed by atoms with Crippen molar-refractivity contribution >= 4 is 5.91 Å². The van der Waals surface area contributed by atoms with Crippen molar-refractivity contribution in [1.82, 2.24) is 4.90 Å². The Hall–Kier alpha value is -2.54. The molecule has 1 aromatic carbocycles. The van der Waals surface area contributed by atoms with Gasteiger partial charge in [0, 0.05) is 19.2 Å². The number of nitrogens with zero attached hydrogens (tertiary/aromatic N) is 2. The van der Waals surface area contributed by atoms with Crippen LogP contribution in [0.3, 0.4) is 0 Å². The zero-order valence-electron chi connectivity index (χ0n) is 11.5. The van der Waals surface area contributed by atoms with Gasteiger partial charge in [0.05, 0.1) is 18.3 Å². The summed E-state index contributed by atoms with van der Waals surface area (Å²) in [5, 5.41) is 8.82. The van der Waals surface area contributed by atoms with Gasteiger partial charge in [-0.25, -0.2) is 0 Å². The summed E-state index contributed by atoms with van der Waals surface area (Å²) in [7, 11) is 1.67.